The summed E-state index contributed by atoms with van der Waals surface area (Å²) in [6.45, 7) is 9.42. The Balaban J connectivity index is 1.56. The van der Waals surface area contributed by atoms with E-state index in [-0.39, 0.29) is 0 Å². The van der Waals surface area contributed by atoms with Crippen LogP contribution in [0.3, 0.4) is 0 Å². The van der Waals surface area contributed by atoms with Gasteiger partial charge in [0.2, 0.25) is 0 Å². The van der Waals surface area contributed by atoms with Crippen LogP contribution in [0.2, 0.25) is 0 Å². The second-order valence-corrected chi connectivity index (χ2v) is 7.17. The van der Waals surface area contributed by atoms with E-state index in [9.17, 15) is 0 Å². The summed E-state index contributed by atoms with van der Waals surface area (Å²) in [6.07, 6.45) is 0.990. The van der Waals surface area contributed by atoms with Gasteiger partial charge in [-0.05, 0) is 67.8 Å². The van der Waals surface area contributed by atoms with E-state index in [1.807, 2.05) is 13.0 Å². The molecule has 154 valence electrons. The van der Waals surface area contributed by atoms with Crippen LogP contribution in [0.1, 0.15) is 30.3 Å². The van der Waals surface area contributed by atoms with Crippen LogP contribution in [0, 0.1) is 13.8 Å². The summed E-state index contributed by atoms with van der Waals surface area (Å²) >= 11 is 0. The zero-order chi connectivity index (χ0) is 20.6. The Hall–Kier alpha value is -3.02. The zero-order valence-electron chi connectivity index (χ0n) is 17.8. The first-order valence-electron chi connectivity index (χ1n) is 10.2. The van der Waals surface area contributed by atoms with Crippen molar-refractivity contribution in [2.45, 2.75) is 40.3 Å². The van der Waals surface area contributed by atoms with Gasteiger partial charge in [0.1, 0.15) is 5.75 Å². The summed E-state index contributed by atoms with van der Waals surface area (Å²) < 4.78 is 7.36. The van der Waals surface area contributed by atoms with Gasteiger partial charge in [-0.1, -0.05) is 18.2 Å². The van der Waals surface area contributed by atoms with Gasteiger partial charge in [0.15, 0.2) is 5.96 Å². The second-order valence-electron chi connectivity index (χ2n) is 7.17. The van der Waals surface area contributed by atoms with Crippen molar-refractivity contribution in [3.63, 3.8) is 0 Å². The molecule has 0 aliphatic heterocycles. The number of ether oxygens (including phenoxy) is 1. The highest BCUT2D eigenvalue weighted by atomic mass is 16.5. The second kappa shape index (κ2) is 9.96. The number of methoxy groups -OCH3 is 1. The monoisotopic (exact) mass is 393 g/mol. The number of nitrogens with zero attached hydrogens (tertiary/aromatic N) is 3. The minimum atomic E-state index is 0.634. The topological polar surface area (TPSA) is 63.5 Å². The Kier molecular flexibility index (Phi) is 7.11. The zero-order valence-corrected chi connectivity index (χ0v) is 17.8. The van der Waals surface area contributed by atoms with E-state index in [0.29, 0.717) is 6.54 Å². The van der Waals surface area contributed by atoms with Gasteiger partial charge in [-0.3, -0.25) is 4.68 Å². The van der Waals surface area contributed by atoms with Gasteiger partial charge in [0.05, 0.1) is 19.3 Å². The predicted molar refractivity (Wildman–Crippen MR) is 120 cm³/mol. The molecule has 3 rings (SSSR count). The van der Waals surface area contributed by atoms with E-state index in [2.05, 4.69) is 70.7 Å². The van der Waals surface area contributed by atoms with E-state index in [0.717, 1.165) is 43.5 Å². The average molecular weight is 394 g/mol. The normalized spacial score (nSPS) is 11.7. The Labute approximate surface area is 173 Å². The van der Waals surface area contributed by atoms with E-state index in [1.165, 1.54) is 22.0 Å². The third kappa shape index (κ3) is 5.73. The average Bonchev–Trinajstić information content (AvgIpc) is 3.05. The van der Waals surface area contributed by atoms with Crippen molar-refractivity contribution in [1.29, 1.82) is 0 Å². The van der Waals surface area contributed by atoms with Gasteiger partial charge >= 0.3 is 0 Å². The third-order valence-corrected chi connectivity index (χ3v) is 4.82. The van der Waals surface area contributed by atoms with Crippen LogP contribution in [-0.4, -0.2) is 35.9 Å². The Morgan fingerprint density at radius 1 is 1.07 bits per heavy atom. The quantitative estimate of drug-likeness (QED) is 0.347. The van der Waals surface area contributed by atoms with Crippen LogP contribution in [0.5, 0.6) is 5.75 Å². The Morgan fingerprint density at radius 3 is 2.59 bits per heavy atom. The fraction of sp³-hybridized carbons (Fsp3) is 0.391. The maximum atomic E-state index is 5.30. The van der Waals surface area contributed by atoms with Gasteiger partial charge in [-0.2, -0.15) is 5.10 Å². The molecule has 3 aromatic rings. The summed E-state index contributed by atoms with van der Waals surface area (Å²) in [6, 6.07) is 14.7. The van der Waals surface area contributed by atoms with Gasteiger partial charge in [0.25, 0.3) is 0 Å². The van der Waals surface area contributed by atoms with E-state index >= 15 is 0 Å². The number of benzene rings is 2. The van der Waals surface area contributed by atoms with Crippen molar-refractivity contribution in [1.82, 2.24) is 20.4 Å². The van der Waals surface area contributed by atoms with E-state index in [4.69, 9.17) is 9.73 Å². The standard InChI is InChI=1S/C23H31N5O/c1-5-24-23(25-11-6-12-28-18(3)13-17(2)27-28)26-16-19-7-8-21-15-22(29-4)10-9-20(21)14-19/h7-10,13-15H,5-6,11-12,16H2,1-4H3,(H2,24,25,26). The maximum Gasteiger partial charge on any atom is 0.191 e. The number of hydrogen-bond donors (Lipinski definition) is 2. The molecule has 0 saturated carbocycles. The molecule has 0 radical (unpaired) electrons. The lowest BCUT2D eigenvalue weighted by Gasteiger charge is -2.12. The van der Waals surface area contributed by atoms with Gasteiger partial charge in [-0.25, -0.2) is 4.99 Å². The lowest BCUT2D eigenvalue weighted by atomic mass is 10.1. The van der Waals surface area contributed by atoms with Crippen LogP contribution >= 0.6 is 0 Å². The van der Waals surface area contributed by atoms with Crippen LogP contribution in [-0.2, 0) is 13.1 Å². The molecule has 0 fully saturated rings. The van der Waals surface area contributed by atoms with Crippen molar-refractivity contribution in [3.8, 4) is 5.75 Å². The van der Waals surface area contributed by atoms with Crippen LogP contribution in [0.25, 0.3) is 10.8 Å². The SMILES string of the molecule is CCNC(=NCc1ccc2cc(OC)ccc2c1)NCCCn1nc(C)cc1C. The number of rotatable bonds is 8. The molecule has 0 atom stereocenters. The minimum absolute atomic E-state index is 0.634. The van der Waals surface area contributed by atoms with Crippen molar-refractivity contribution in [2.75, 3.05) is 20.2 Å². The van der Waals surface area contributed by atoms with Crippen LogP contribution in [0.15, 0.2) is 47.5 Å². The smallest absolute Gasteiger partial charge is 0.191 e. The molecule has 2 N–H and O–H groups in total. The van der Waals surface area contributed by atoms with Gasteiger partial charge in [-0.15, -0.1) is 0 Å². The molecule has 2 aromatic carbocycles. The number of aryl methyl sites for hydroxylation is 3. The third-order valence-electron chi connectivity index (χ3n) is 4.82. The van der Waals surface area contributed by atoms with E-state index in [1.54, 1.807) is 7.11 Å². The molecule has 0 aliphatic rings. The fourth-order valence-electron chi connectivity index (χ4n) is 3.35. The Morgan fingerprint density at radius 2 is 1.86 bits per heavy atom. The van der Waals surface area contributed by atoms with Crippen molar-refractivity contribution in [3.05, 3.63) is 59.4 Å². The number of guanidine groups is 1. The molecule has 29 heavy (non-hydrogen) atoms. The number of nitrogens with one attached hydrogen (secondary N) is 2. The molecule has 0 amide bonds. The van der Waals surface area contributed by atoms with E-state index < -0.39 is 0 Å². The molecule has 1 aromatic heterocycles. The lowest BCUT2D eigenvalue weighted by Crippen LogP contribution is -2.38. The van der Waals surface area contributed by atoms with Gasteiger partial charge < -0.3 is 15.4 Å². The summed E-state index contributed by atoms with van der Waals surface area (Å²) in [4.78, 5) is 4.74. The molecule has 0 spiro atoms. The largest absolute Gasteiger partial charge is 0.497 e. The molecule has 0 bridgehead atoms. The molecule has 0 saturated heterocycles. The van der Waals surface area contributed by atoms with Crippen molar-refractivity contribution < 1.29 is 4.74 Å². The van der Waals surface area contributed by atoms with Crippen molar-refractivity contribution >= 4 is 16.7 Å². The Bertz CT molecular complexity index is 977. The fourth-order valence-corrected chi connectivity index (χ4v) is 3.35. The number of aliphatic imine (C=N–C) groups is 1. The summed E-state index contributed by atoms with van der Waals surface area (Å²) in [7, 11) is 1.69. The molecule has 6 nitrogen and oxygen atoms in total. The summed E-state index contributed by atoms with van der Waals surface area (Å²) in [5.74, 6) is 1.72. The minimum Gasteiger partial charge on any atom is -0.497 e. The first-order valence-corrected chi connectivity index (χ1v) is 10.2. The maximum absolute atomic E-state index is 5.30. The first kappa shape index (κ1) is 20.7. The number of hydrogen-bond acceptors (Lipinski definition) is 3. The molecule has 0 aliphatic carbocycles. The highest BCUT2D eigenvalue weighted by Crippen LogP contribution is 2.22. The molecule has 0 unspecified atom stereocenters. The summed E-state index contributed by atoms with van der Waals surface area (Å²) in [5, 5.41) is 13.6. The van der Waals surface area contributed by atoms with Crippen molar-refractivity contribution in [2.24, 2.45) is 4.99 Å². The summed E-state index contributed by atoms with van der Waals surface area (Å²) in [5.41, 5.74) is 3.46. The van der Waals surface area contributed by atoms with Crippen LogP contribution < -0.4 is 15.4 Å². The molecular formula is C23H31N5O. The van der Waals surface area contributed by atoms with Gasteiger partial charge in [0, 0.05) is 25.3 Å². The molecular weight excluding hydrogens is 362 g/mol. The first-order chi connectivity index (χ1) is 14.1. The number of aromatic nitrogens is 2. The highest BCUT2D eigenvalue weighted by Gasteiger charge is 2.03. The molecule has 6 heteroatoms. The van der Waals surface area contributed by atoms with Crippen LogP contribution in [0.4, 0.5) is 0 Å². The number of fused-ring (bicyclic) bond motifs is 1. The predicted octanol–water partition coefficient (Wildman–Crippen LogP) is 3.81. The highest BCUT2D eigenvalue weighted by molar-refractivity contribution is 5.84. The molecule has 1 heterocycles. The lowest BCUT2D eigenvalue weighted by molar-refractivity contribution is 0.415.